The number of halogens is 3. The van der Waals surface area contributed by atoms with Crippen LogP contribution < -0.4 is 0 Å². The minimum absolute atomic E-state index is 0.0348. The van der Waals surface area contributed by atoms with Gasteiger partial charge in [0.25, 0.3) is 11.6 Å². The number of aliphatic imine (C=N–C) groups is 1. The van der Waals surface area contributed by atoms with Gasteiger partial charge in [0.1, 0.15) is 17.4 Å². The zero-order valence-corrected chi connectivity index (χ0v) is 14.3. The highest BCUT2D eigenvalue weighted by molar-refractivity contribution is 5.95. The van der Waals surface area contributed by atoms with Crippen molar-refractivity contribution in [1.82, 2.24) is 14.9 Å². The number of hydrogen-bond acceptors (Lipinski definition) is 4. The van der Waals surface area contributed by atoms with Crippen LogP contribution >= 0.6 is 0 Å². The number of aromatic nitrogens is 2. The van der Waals surface area contributed by atoms with Gasteiger partial charge in [0.05, 0.1) is 17.8 Å². The molecule has 6 nitrogen and oxygen atoms in total. The second-order valence-corrected chi connectivity index (χ2v) is 6.08. The van der Waals surface area contributed by atoms with Crippen molar-refractivity contribution in [2.24, 2.45) is 4.99 Å². The predicted octanol–water partition coefficient (Wildman–Crippen LogP) is 2.98. The standard InChI is InChI=1S/C18H14F3N5O/c1-4-10-6-26(8-18(21,7-22)15(10)23-3)17(27)16-24-13-9(2)11(19)5-12(20)14(13)25-16/h4-5H,1,3,6,8H2,2H3,(H,24,25). The van der Waals surface area contributed by atoms with Gasteiger partial charge >= 0.3 is 0 Å². The largest absolute Gasteiger partial charge is 0.333 e. The Bertz CT molecular complexity index is 1070. The summed E-state index contributed by atoms with van der Waals surface area (Å²) in [6.45, 7) is 7.52. The molecule has 0 spiro atoms. The van der Waals surface area contributed by atoms with Crippen LogP contribution in [-0.2, 0) is 0 Å². The zero-order valence-electron chi connectivity index (χ0n) is 14.3. The first-order valence-corrected chi connectivity index (χ1v) is 7.82. The highest BCUT2D eigenvalue weighted by Gasteiger charge is 2.44. The van der Waals surface area contributed by atoms with Gasteiger partial charge < -0.3 is 9.88 Å². The number of aromatic amines is 1. The van der Waals surface area contributed by atoms with Crippen molar-refractivity contribution in [2.75, 3.05) is 13.1 Å². The number of nitrogens with one attached hydrogen (secondary N) is 1. The van der Waals surface area contributed by atoms with E-state index < -0.39 is 29.8 Å². The summed E-state index contributed by atoms with van der Waals surface area (Å²) in [5.74, 6) is -2.78. The monoisotopic (exact) mass is 373 g/mol. The van der Waals surface area contributed by atoms with Crippen LogP contribution in [-0.4, -0.2) is 46.3 Å². The van der Waals surface area contributed by atoms with Gasteiger partial charge in [-0.15, -0.1) is 0 Å². The first-order chi connectivity index (χ1) is 12.8. The van der Waals surface area contributed by atoms with E-state index in [-0.39, 0.29) is 40.2 Å². The second-order valence-electron chi connectivity index (χ2n) is 6.08. The average Bonchev–Trinajstić information content (AvgIpc) is 3.11. The first-order valence-electron chi connectivity index (χ1n) is 7.82. The lowest BCUT2D eigenvalue weighted by Crippen LogP contribution is -2.48. The molecule has 1 aromatic carbocycles. The predicted molar refractivity (Wildman–Crippen MR) is 92.9 cm³/mol. The van der Waals surface area contributed by atoms with Gasteiger partial charge in [-0.25, -0.2) is 18.2 Å². The van der Waals surface area contributed by atoms with E-state index in [4.69, 9.17) is 0 Å². The summed E-state index contributed by atoms with van der Waals surface area (Å²) in [7, 11) is 0. The van der Waals surface area contributed by atoms with Gasteiger partial charge in [-0.2, -0.15) is 5.26 Å². The maximum atomic E-state index is 15.0. The van der Waals surface area contributed by atoms with Gasteiger partial charge in [0.2, 0.25) is 0 Å². The van der Waals surface area contributed by atoms with Crippen molar-refractivity contribution < 1.29 is 18.0 Å². The molecule has 0 fully saturated rings. The molecule has 138 valence electrons. The van der Waals surface area contributed by atoms with Crippen molar-refractivity contribution in [3.05, 3.63) is 53.0 Å². The smallest absolute Gasteiger partial charge is 0.290 e. The van der Waals surface area contributed by atoms with Crippen LogP contribution in [0, 0.1) is 29.9 Å². The average molecular weight is 373 g/mol. The Labute approximate surface area is 152 Å². The number of benzene rings is 1. The van der Waals surface area contributed by atoms with Gasteiger partial charge in [-0.1, -0.05) is 12.7 Å². The van der Waals surface area contributed by atoms with Crippen LogP contribution in [0.1, 0.15) is 16.2 Å². The van der Waals surface area contributed by atoms with E-state index in [0.29, 0.717) is 6.07 Å². The molecule has 1 aliphatic heterocycles. The van der Waals surface area contributed by atoms with Gasteiger partial charge in [-0.05, 0) is 19.2 Å². The van der Waals surface area contributed by atoms with Crippen molar-refractivity contribution in [2.45, 2.75) is 12.6 Å². The summed E-state index contributed by atoms with van der Waals surface area (Å²) in [5.41, 5.74) is -2.62. The van der Waals surface area contributed by atoms with E-state index in [1.165, 1.54) is 19.1 Å². The molecule has 3 rings (SSSR count). The summed E-state index contributed by atoms with van der Waals surface area (Å²) in [6, 6.07) is 2.17. The third-order valence-electron chi connectivity index (χ3n) is 4.44. The molecule has 2 aromatic rings. The topological polar surface area (TPSA) is 85.1 Å². The maximum absolute atomic E-state index is 15.0. The van der Waals surface area contributed by atoms with Crippen LogP contribution in [0.15, 0.2) is 35.0 Å². The summed E-state index contributed by atoms with van der Waals surface area (Å²) in [4.78, 5) is 23.8. The van der Waals surface area contributed by atoms with Gasteiger partial charge in [0.15, 0.2) is 11.6 Å². The second kappa shape index (κ2) is 6.39. The highest BCUT2D eigenvalue weighted by atomic mass is 19.1. The molecule has 0 aliphatic carbocycles. The number of aryl methyl sites for hydroxylation is 1. The van der Waals surface area contributed by atoms with Crippen molar-refractivity contribution in [1.29, 1.82) is 5.26 Å². The Hall–Kier alpha value is -3.41. The molecule has 9 heteroatoms. The fourth-order valence-corrected chi connectivity index (χ4v) is 3.02. The first kappa shape index (κ1) is 18.4. The molecule has 1 aromatic heterocycles. The molecule has 2 heterocycles. The van der Waals surface area contributed by atoms with Gasteiger partial charge in [0, 0.05) is 18.2 Å². The summed E-state index contributed by atoms with van der Waals surface area (Å²) < 4.78 is 42.6. The SMILES string of the molecule is C=CC1=C(N=C)C(F)(C#N)CN(C(=O)c2nc3c(F)cc(F)c(C)c3[nH]2)C1. The molecule has 0 saturated carbocycles. The number of fused-ring (bicyclic) bond motifs is 1. The fourth-order valence-electron chi connectivity index (χ4n) is 3.02. The van der Waals surface area contributed by atoms with Crippen LogP contribution in [0.3, 0.4) is 0 Å². The number of H-pyrrole nitrogens is 1. The molecule has 27 heavy (non-hydrogen) atoms. The lowest BCUT2D eigenvalue weighted by Gasteiger charge is -2.34. The van der Waals surface area contributed by atoms with Crippen LogP contribution in [0.5, 0.6) is 0 Å². The lowest BCUT2D eigenvalue weighted by molar-refractivity contribution is 0.0669. The Kier molecular flexibility index (Phi) is 4.35. The van der Waals surface area contributed by atoms with Gasteiger partial charge in [-0.3, -0.25) is 9.79 Å². The molecular weight excluding hydrogens is 359 g/mol. The summed E-state index contributed by atoms with van der Waals surface area (Å²) >= 11 is 0. The Morgan fingerprint density at radius 3 is 2.81 bits per heavy atom. The minimum Gasteiger partial charge on any atom is -0.333 e. The number of rotatable bonds is 3. The number of alkyl halides is 1. The number of carbonyl (C=O) groups is 1. The molecule has 0 saturated heterocycles. The molecule has 1 amide bonds. The zero-order chi connectivity index (χ0) is 19.9. The van der Waals surface area contributed by atoms with Crippen molar-refractivity contribution in [3.8, 4) is 6.07 Å². The highest BCUT2D eigenvalue weighted by Crippen LogP contribution is 2.33. The van der Waals surface area contributed by atoms with Crippen LogP contribution in [0.2, 0.25) is 0 Å². The van der Waals surface area contributed by atoms with E-state index in [1.54, 1.807) is 0 Å². The van der Waals surface area contributed by atoms with E-state index in [1.807, 2.05) is 0 Å². The third kappa shape index (κ3) is 2.79. The molecule has 1 N–H and O–H groups in total. The molecule has 0 bridgehead atoms. The lowest BCUT2D eigenvalue weighted by atomic mass is 9.93. The number of nitriles is 1. The van der Waals surface area contributed by atoms with Crippen LogP contribution in [0.4, 0.5) is 13.2 Å². The molecule has 1 unspecified atom stereocenters. The van der Waals surface area contributed by atoms with Crippen LogP contribution in [0.25, 0.3) is 11.0 Å². The Balaban J connectivity index is 2.06. The van der Waals surface area contributed by atoms with E-state index in [2.05, 4.69) is 28.3 Å². The number of imidazole rings is 1. The van der Waals surface area contributed by atoms with E-state index in [9.17, 15) is 23.2 Å². The molecule has 0 radical (unpaired) electrons. The van der Waals surface area contributed by atoms with Crippen molar-refractivity contribution >= 4 is 23.7 Å². The third-order valence-corrected chi connectivity index (χ3v) is 4.44. The fraction of sp³-hybridized carbons (Fsp3) is 0.222. The number of nitrogens with zero attached hydrogens (tertiary/aromatic N) is 4. The number of carbonyl (C=O) groups excluding carboxylic acids is 1. The summed E-state index contributed by atoms with van der Waals surface area (Å²) in [6.07, 6.45) is 1.28. The molecular formula is C18H14F3N5O. The maximum Gasteiger partial charge on any atom is 0.290 e. The molecule has 1 aliphatic rings. The normalized spacial score (nSPS) is 19.9. The minimum atomic E-state index is -2.57. The Morgan fingerprint density at radius 2 is 2.22 bits per heavy atom. The molecule has 1 atom stereocenters. The van der Waals surface area contributed by atoms with Crippen molar-refractivity contribution in [3.63, 3.8) is 0 Å². The number of hydrogen-bond donors (Lipinski definition) is 1. The van der Waals surface area contributed by atoms with E-state index in [0.717, 1.165) is 4.90 Å². The number of amides is 1. The Morgan fingerprint density at radius 1 is 1.52 bits per heavy atom. The summed E-state index contributed by atoms with van der Waals surface area (Å²) in [5, 5.41) is 9.22. The quantitative estimate of drug-likeness (QED) is 0.840. The van der Waals surface area contributed by atoms with E-state index >= 15 is 0 Å².